The van der Waals surface area contributed by atoms with Crippen molar-refractivity contribution in [1.82, 2.24) is 0 Å². The number of hydrogen-bond donors (Lipinski definition) is 1. The summed E-state index contributed by atoms with van der Waals surface area (Å²) in [6.45, 7) is 0.236. The van der Waals surface area contributed by atoms with Crippen LogP contribution in [0.15, 0.2) is 54.6 Å². The molecule has 0 fully saturated rings. The number of rotatable bonds is 6. The van der Waals surface area contributed by atoms with Crippen LogP contribution in [0.5, 0.6) is 0 Å². The van der Waals surface area contributed by atoms with Gasteiger partial charge in [-0.05, 0) is 23.3 Å². The van der Waals surface area contributed by atoms with Crippen LogP contribution in [0.4, 0.5) is 5.69 Å². The number of nitrogens with zero attached hydrogens (tertiary/aromatic N) is 1. The Balaban J connectivity index is 2.38. The van der Waals surface area contributed by atoms with E-state index in [2.05, 4.69) is 0 Å². The Kier molecular flexibility index (Phi) is 5.45. The molecule has 0 aliphatic heterocycles. The van der Waals surface area contributed by atoms with Gasteiger partial charge in [-0.2, -0.15) is 0 Å². The zero-order chi connectivity index (χ0) is 16.2. The maximum atomic E-state index is 12.1. The first-order valence-corrected chi connectivity index (χ1v) is 9.15. The van der Waals surface area contributed by atoms with Crippen molar-refractivity contribution in [1.29, 1.82) is 0 Å². The number of halogens is 1. The molecule has 4 nitrogen and oxygen atoms in total. The highest BCUT2D eigenvalue weighted by Gasteiger charge is 2.19. The molecule has 118 valence electrons. The third-order valence-electron chi connectivity index (χ3n) is 3.26. The molecular formula is C16H18ClNO3S. The van der Waals surface area contributed by atoms with E-state index < -0.39 is 16.1 Å². The van der Waals surface area contributed by atoms with Crippen LogP contribution in [0.1, 0.15) is 17.2 Å². The summed E-state index contributed by atoms with van der Waals surface area (Å²) in [6, 6.07) is 16.1. The lowest BCUT2D eigenvalue weighted by Crippen LogP contribution is -2.29. The van der Waals surface area contributed by atoms with Gasteiger partial charge in [0.25, 0.3) is 0 Å². The topological polar surface area (TPSA) is 57.6 Å². The fraction of sp³-hybridized carbons (Fsp3) is 0.250. The number of aliphatic hydroxyl groups is 1. The Morgan fingerprint density at radius 3 is 2.41 bits per heavy atom. The van der Waals surface area contributed by atoms with E-state index in [0.29, 0.717) is 11.3 Å². The summed E-state index contributed by atoms with van der Waals surface area (Å²) in [5.74, 6) is 0.0566. The molecule has 2 aromatic rings. The van der Waals surface area contributed by atoms with E-state index in [1.807, 2.05) is 30.3 Å². The smallest absolute Gasteiger partial charge is 0.232 e. The molecule has 2 rings (SSSR count). The minimum Gasteiger partial charge on any atom is -0.387 e. The average molecular weight is 340 g/mol. The van der Waals surface area contributed by atoms with Crippen LogP contribution in [0.25, 0.3) is 0 Å². The van der Waals surface area contributed by atoms with Gasteiger partial charge in [0.1, 0.15) is 0 Å². The van der Waals surface area contributed by atoms with E-state index in [1.54, 1.807) is 24.3 Å². The van der Waals surface area contributed by atoms with Gasteiger partial charge in [-0.25, -0.2) is 8.42 Å². The molecule has 22 heavy (non-hydrogen) atoms. The van der Waals surface area contributed by atoms with Crippen molar-refractivity contribution in [2.75, 3.05) is 16.4 Å². The Bertz CT molecular complexity index is 719. The first kappa shape index (κ1) is 16.8. The van der Waals surface area contributed by atoms with E-state index in [0.717, 1.165) is 5.56 Å². The second kappa shape index (κ2) is 7.13. The summed E-state index contributed by atoms with van der Waals surface area (Å²) < 4.78 is 25.6. The fourth-order valence-corrected chi connectivity index (χ4v) is 3.18. The highest BCUT2D eigenvalue weighted by atomic mass is 35.5. The standard InChI is InChI=1S/C16H18ClNO3S/c1-22(20,21)18(12-13-6-3-2-4-7-13)15-9-5-8-14(10-15)16(19)11-17/h2-10,16,19H,11-12H2,1H3/t16-/m0/s1. The van der Waals surface area contributed by atoms with Crippen molar-refractivity contribution in [2.45, 2.75) is 12.6 Å². The lowest BCUT2D eigenvalue weighted by Gasteiger charge is -2.23. The third kappa shape index (κ3) is 4.22. The van der Waals surface area contributed by atoms with Crippen molar-refractivity contribution in [3.8, 4) is 0 Å². The Hall–Kier alpha value is -1.56. The molecule has 0 saturated heterocycles. The van der Waals surface area contributed by atoms with Gasteiger partial charge >= 0.3 is 0 Å². The highest BCUT2D eigenvalue weighted by molar-refractivity contribution is 7.92. The van der Waals surface area contributed by atoms with Gasteiger partial charge in [-0.3, -0.25) is 4.31 Å². The SMILES string of the molecule is CS(=O)(=O)N(Cc1ccccc1)c1cccc([C@@H](O)CCl)c1. The van der Waals surface area contributed by atoms with Crippen LogP contribution in [-0.4, -0.2) is 25.7 Å². The molecule has 6 heteroatoms. The number of aliphatic hydroxyl groups excluding tert-OH is 1. The van der Waals surface area contributed by atoms with Crippen molar-refractivity contribution < 1.29 is 13.5 Å². The molecule has 0 aliphatic carbocycles. The first-order valence-electron chi connectivity index (χ1n) is 6.77. The molecular weight excluding hydrogens is 322 g/mol. The highest BCUT2D eigenvalue weighted by Crippen LogP contribution is 2.25. The number of anilines is 1. The van der Waals surface area contributed by atoms with E-state index in [1.165, 1.54) is 10.6 Å². The molecule has 0 heterocycles. The maximum absolute atomic E-state index is 12.1. The van der Waals surface area contributed by atoms with E-state index in [9.17, 15) is 13.5 Å². The predicted octanol–water partition coefficient (Wildman–Crippen LogP) is 2.93. The molecule has 0 aromatic heterocycles. The molecule has 0 spiro atoms. The molecule has 0 aliphatic rings. The normalized spacial score (nSPS) is 12.9. The monoisotopic (exact) mass is 339 g/mol. The summed E-state index contributed by atoms with van der Waals surface area (Å²) in [4.78, 5) is 0. The summed E-state index contributed by atoms with van der Waals surface area (Å²) in [5, 5.41) is 9.83. The van der Waals surface area contributed by atoms with Gasteiger partial charge in [0.05, 0.1) is 30.5 Å². The van der Waals surface area contributed by atoms with Gasteiger partial charge in [0.2, 0.25) is 10.0 Å². The minimum atomic E-state index is -3.45. The molecule has 0 saturated carbocycles. The molecule has 0 amide bonds. The van der Waals surface area contributed by atoms with Crippen molar-refractivity contribution in [2.24, 2.45) is 0 Å². The van der Waals surface area contributed by atoms with Gasteiger partial charge < -0.3 is 5.11 Å². The summed E-state index contributed by atoms with van der Waals surface area (Å²) in [6.07, 6.45) is 0.348. The molecule has 0 radical (unpaired) electrons. The first-order chi connectivity index (χ1) is 10.4. The molecule has 1 N–H and O–H groups in total. The summed E-state index contributed by atoms with van der Waals surface area (Å²) in [5.41, 5.74) is 1.98. The zero-order valence-electron chi connectivity index (χ0n) is 12.2. The molecule has 0 unspecified atom stereocenters. The lowest BCUT2D eigenvalue weighted by molar-refractivity contribution is 0.202. The van der Waals surface area contributed by atoms with E-state index in [-0.39, 0.29) is 12.4 Å². The summed E-state index contributed by atoms with van der Waals surface area (Å²) >= 11 is 5.66. The van der Waals surface area contributed by atoms with Crippen LogP contribution in [-0.2, 0) is 16.6 Å². The van der Waals surface area contributed by atoms with Crippen molar-refractivity contribution >= 4 is 27.3 Å². The molecule has 1 atom stereocenters. The second-order valence-electron chi connectivity index (χ2n) is 5.02. The zero-order valence-corrected chi connectivity index (χ0v) is 13.8. The maximum Gasteiger partial charge on any atom is 0.232 e. The minimum absolute atomic E-state index is 0.0566. The van der Waals surface area contributed by atoms with Crippen LogP contribution < -0.4 is 4.31 Å². The Morgan fingerprint density at radius 1 is 1.14 bits per heavy atom. The Morgan fingerprint density at radius 2 is 1.82 bits per heavy atom. The largest absolute Gasteiger partial charge is 0.387 e. The van der Waals surface area contributed by atoms with Gasteiger partial charge in [-0.1, -0.05) is 42.5 Å². The fourth-order valence-electron chi connectivity index (χ4n) is 2.13. The van der Waals surface area contributed by atoms with Crippen molar-refractivity contribution in [3.63, 3.8) is 0 Å². The third-order valence-corrected chi connectivity index (χ3v) is 4.69. The summed E-state index contributed by atoms with van der Waals surface area (Å²) in [7, 11) is -3.45. The van der Waals surface area contributed by atoms with Crippen LogP contribution in [0, 0.1) is 0 Å². The number of sulfonamides is 1. The van der Waals surface area contributed by atoms with E-state index in [4.69, 9.17) is 11.6 Å². The van der Waals surface area contributed by atoms with Gasteiger partial charge in [0.15, 0.2) is 0 Å². The van der Waals surface area contributed by atoms with Crippen LogP contribution in [0.2, 0.25) is 0 Å². The number of hydrogen-bond acceptors (Lipinski definition) is 3. The van der Waals surface area contributed by atoms with Gasteiger partial charge in [0, 0.05) is 0 Å². The molecule has 2 aromatic carbocycles. The molecule has 0 bridgehead atoms. The van der Waals surface area contributed by atoms with Gasteiger partial charge in [-0.15, -0.1) is 11.6 Å². The number of alkyl halides is 1. The predicted molar refractivity (Wildman–Crippen MR) is 89.6 cm³/mol. The Labute approximate surface area is 136 Å². The lowest BCUT2D eigenvalue weighted by atomic mass is 10.1. The van der Waals surface area contributed by atoms with Crippen molar-refractivity contribution in [3.05, 3.63) is 65.7 Å². The van der Waals surface area contributed by atoms with E-state index >= 15 is 0 Å². The average Bonchev–Trinajstić information content (AvgIpc) is 2.52. The quantitative estimate of drug-likeness (QED) is 0.823. The van der Waals surface area contributed by atoms with Crippen LogP contribution >= 0.6 is 11.6 Å². The second-order valence-corrected chi connectivity index (χ2v) is 7.24. The number of benzene rings is 2. The van der Waals surface area contributed by atoms with Crippen LogP contribution in [0.3, 0.4) is 0 Å².